The molecular weight excluding hydrogens is 156 g/mol. The minimum atomic E-state index is 0.806. The summed E-state index contributed by atoms with van der Waals surface area (Å²) in [6.45, 7) is 3.66. The quantitative estimate of drug-likeness (QED) is 0.486. The third-order valence-corrected chi connectivity index (χ3v) is 2.49. The van der Waals surface area contributed by atoms with Crippen molar-refractivity contribution < 1.29 is 0 Å². The maximum absolute atomic E-state index is 4.12. The molecule has 1 saturated heterocycles. The van der Waals surface area contributed by atoms with Crippen LogP contribution in [0.5, 0.6) is 0 Å². The molecule has 0 aromatic rings. The van der Waals surface area contributed by atoms with Crippen molar-refractivity contribution in [2.45, 2.75) is 12.8 Å². The Balaban J connectivity index is 2.12. The zero-order chi connectivity index (χ0) is 8.10. The molecule has 0 aromatic heterocycles. The lowest BCUT2D eigenvalue weighted by atomic mass is 9.99. The third-order valence-electron chi connectivity index (χ3n) is 2.27. The Labute approximate surface area is 74.8 Å². The predicted molar refractivity (Wildman–Crippen MR) is 52.1 cm³/mol. The Morgan fingerprint density at radius 2 is 2.45 bits per heavy atom. The van der Waals surface area contributed by atoms with Crippen LogP contribution in [-0.4, -0.2) is 37.5 Å². The molecule has 3 heteroatoms. The van der Waals surface area contributed by atoms with Crippen molar-refractivity contribution >= 4 is 12.6 Å². The van der Waals surface area contributed by atoms with E-state index in [-0.39, 0.29) is 0 Å². The van der Waals surface area contributed by atoms with Gasteiger partial charge < -0.3 is 10.2 Å². The summed E-state index contributed by atoms with van der Waals surface area (Å²) in [6, 6.07) is 0. The number of hydrogen-bond acceptors (Lipinski definition) is 3. The fraction of sp³-hybridized carbons (Fsp3) is 1.00. The van der Waals surface area contributed by atoms with Crippen LogP contribution in [0, 0.1) is 5.92 Å². The van der Waals surface area contributed by atoms with Crippen molar-refractivity contribution in [3.63, 3.8) is 0 Å². The molecule has 0 amide bonds. The van der Waals surface area contributed by atoms with Crippen molar-refractivity contribution in [2.24, 2.45) is 5.92 Å². The molecule has 2 nitrogen and oxygen atoms in total. The zero-order valence-corrected chi connectivity index (χ0v) is 8.11. The van der Waals surface area contributed by atoms with Crippen LogP contribution in [0.4, 0.5) is 0 Å². The molecule has 0 aromatic carbocycles. The third kappa shape index (κ3) is 3.45. The molecule has 1 aliphatic rings. The molecular formula is C8H18N2S. The first-order valence-corrected chi connectivity index (χ1v) is 4.96. The summed E-state index contributed by atoms with van der Waals surface area (Å²) < 4.78 is 0. The number of nitrogens with zero attached hydrogens (tertiary/aromatic N) is 1. The first kappa shape index (κ1) is 9.36. The minimum Gasteiger partial charge on any atom is -0.308 e. The van der Waals surface area contributed by atoms with Crippen LogP contribution < -0.4 is 5.32 Å². The molecule has 1 unspecified atom stereocenters. The van der Waals surface area contributed by atoms with Crippen molar-refractivity contribution in [1.82, 2.24) is 10.2 Å². The van der Waals surface area contributed by atoms with Crippen molar-refractivity contribution in [3.8, 4) is 0 Å². The van der Waals surface area contributed by atoms with E-state index in [0.717, 1.165) is 18.3 Å². The van der Waals surface area contributed by atoms with Gasteiger partial charge >= 0.3 is 0 Å². The molecule has 0 spiro atoms. The summed E-state index contributed by atoms with van der Waals surface area (Å²) >= 11 is 4.12. The Hall–Kier alpha value is 0.270. The van der Waals surface area contributed by atoms with Crippen molar-refractivity contribution in [3.05, 3.63) is 0 Å². The van der Waals surface area contributed by atoms with E-state index in [0.29, 0.717) is 0 Å². The standard InChI is InChI=1S/C8H18N2S/c1-10-4-2-3-8(6-10)5-9-7-11/h8-9,11H,2-7H2,1H3. The molecule has 0 bridgehead atoms. The Kier molecular flexibility index (Phi) is 4.26. The van der Waals surface area contributed by atoms with Gasteiger partial charge in [0.2, 0.25) is 0 Å². The fourth-order valence-electron chi connectivity index (χ4n) is 1.71. The van der Waals surface area contributed by atoms with E-state index in [9.17, 15) is 0 Å². The molecule has 11 heavy (non-hydrogen) atoms. The molecule has 66 valence electrons. The fourth-order valence-corrected chi connectivity index (χ4v) is 1.84. The van der Waals surface area contributed by atoms with Gasteiger partial charge in [0, 0.05) is 12.4 Å². The molecule has 1 N–H and O–H groups in total. The number of likely N-dealkylation sites (tertiary alicyclic amines) is 1. The predicted octanol–water partition coefficient (Wildman–Crippen LogP) is 0.805. The smallest absolute Gasteiger partial charge is 0.0387 e. The normalized spacial score (nSPS) is 27.3. The van der Waals surface area contributed by atoms with E-state index in [2.05, 4.69) is 29.9 Å². The Bertz CT molecular complexity index is 108. The summed E-state index contributed by atoms with van der Waals surface area (Å²) in [5.74, 6) is 1.65. The van der Waals surface area contributed by atoms with Crippen LogP contribution in [0.15, 0.2) is 0 Å². The van der Waals surface area contributed by atoms with Crippen molar-refractivity contribution in [1.29, 1.82) is 0 Å². The second-order valence-electron chi connectivity index (χ2n) is 3.38. The number of hydrogen-bond donors (Lipinski definition) is 2. The maximum atomic E-state index is 4.12. The molecule has 1 rings (SSSR count). The van der Waals surface area contributed by atoms with Crippen LogP contribution in [0.2, 0.25) is 0 Å². The van der Waals surface area contributed by atoms with E-state index >= 15 is 0 Å². The van der Waals surface area contributed by atoms with Gasteiger partial charge in [0.1, 0.15) is 0 Å². The highest BCUT2D eigenvalue weighted by Crippen LogP contribution is 2.13. The van der Waals surface area contributed by atoms with E-state index in [1.807, 2.05) is 0 Å². The minimum absolute atomic E-state index is 0.806. The molecule has 1 heterocycles. The Morgan fingerprint density at radius 3 is 3.09 bits per heavy atom. The van der Waals surface area contributed by atoms with Gasteiger partial charge in [0.15, 0.2) is 0 Å². The molecule has 0 saturated carbocycles. The lowest BCUT2D eigenvalue weighted by molar-refractivity contribution is 0.208. The number of nitrogens with one attached hydrogen (secondary N) is 1. The monoisotopic (exact) mass is 174 g/mol. The van der Waals surface area contributed by atoms with Gasteiger partial charge in [-0.1, -0.05) is 0 Å². The molecule has 1 atom stereocenters. The lowest BCUT2D eigenvalue weighted by Crippen LogP contribution is -2.37. The first-order valence-electron chi connectivity index (χ1n) is 4.33. The molecule has 1 fully saturated rings. The van der Waals surface area contributed by atoms with Gasteiger partial charge in [-0.25, -0.2) is 0 Å². The summed E-state index contributed by atoms with van der Waals surface area (Å²) in [4.78, 5) is 2.41. The summed E-state index contributed by atoms with van der Waals surface area (Å²) in [6.07, 6.45) is 2.74. The van der Waals surface area contributed by atoms with E-state index < -0.39 is 0 Å². The van der Waals surface area contributed by atoms with Gasteiger partial charge in [-0.3, -0.25) is 0 Å². The highest BCUT2D eigenvalue weighted by atomic mass is 32.1. The average Bonchev–Trinajstić information content (AvgIpc) is 2.01. The SMILES string of the molecule is CN1CCCC(CNCS)C1. The van der Waals surface area contributed by atoms with E-state index in [1.54, 1.807) is 0 Å². The van der Waals surface area contributed by atoms with Crippen LogP contribution in [0.3, 0.4) is 0 Å². The maximum Gasteiger partial charge on any atom is 0.0387 e. The number of thiol groups is 1. The van der Waals surface area contributed by atoms with E-state index in [1.165, 1.54) is 25.9 Å². The second-order valence-corrected chi connectivity index (χ2v) is 3.70. The molecule has 0 aliphatic carbocycles. The molecule has 1 aliphatic heterocycles. The summed E-state index contributed by atoms with van der Waals surface area (Å²) in [5, 5.41) is 3.28. The largest absolute Gasteiger partial charge is 0.308 e. The van der Waals surface area contributed by atoms with Gasteiger partial charge in [0.25, 0.3) is 0 Å². The van der Waals surface area contributed by atoms with E-state index in [4.69, 9.17) is 0 Å². The lowest BCUT2D eigenvalue weighted by Gasteiger charge is -2.29. The van der Waals surface area contributed by atoms with Gasteiger partial charge in [0.05, 0.1) is 0 Å². The zero-order valence-electron chi connectivity index (χ0n) is 7.21. The molecule has 0 radical (unpaired) electrons. The highest BCUT2D eigenvalue weighted by Gasteiger charge is 2.15. The highest BCUT2D eigenvalue weighted by molar-refractivity contribution is 7.80. The van der Waals surface area contributed by atoms with Crippen LogP contribution >= 0.6 is 12.6 Å². The van der Waals surface area contributed by atoms with Gasteiger partial charge in [-0.05, 0) is 38.9 Å². The topological polar surface area (TPSA) is 15.3 Å². The Morgan fingerprint density at radius 1 is 1.64 bits per heavy atom. The second kappa shape index (κ2) is 5.01. The van der Waals surface area contributed by atoms with Crippen LogP contribution in [0.25, 0.3) is 0 Å². The number of rotatable bonds is 3. The van der Waals surface area contributed by atoms with Crippen LogP contribution in [0.1, 0.15) is 12.8 Å². The average molecular weight is 174 g/mol. The van der Waals surface area contributed by atoms with Gasteiger partial charge in [-0.15, -0.1) is 0 Å². The van der Waals surface area contributed by atoms with Crippen molar-refractivity contribution in [2.75, 3.05) is 32.6 Å². The first-order chi connectivity index (χ1) is 5.33. The number of piperidine rings is 1. The summed E-state index contributed by atoms with van der Waals surface area (Å²) in [5.41, 5.74) is 0. The summed E-state index contributed by atoms with van der Waals surface area (Å²) in [7, 11) is 2.20. The van der Waals surface area contributed by atoms with Crippen LogP contribution in [-0.2, 0) is 0 Å². The van der Waals surface area contributed by atoms with Gasteiger partial charge in [-0.2, -0.15) is 12.6 Å².